The van der Waals surface area contributed by atoms with Gasteiger partial charge >= 0.3 is 6.18 Å². The summed E-state index contributed by atoms with van der Waals surface area (Å²) in [6, 6.07) is 9.35. The summed E-state index contributed by atoms with van der Waals surface area (Å²) in [5.74, 6) is -2.77. The first-order valence-corrected chi connectivity index (χ1v) is 9.39. The summed E-state index contributed by atoms with van der Waals surface area (Å²) in [6.45, 7) is 0. The van der Waals surface area contributed by atoms with E-state index in [-0.39, 0.29) is 28.5 Å². The van der Waals surface area contributed by atoms with Crippen molar-refractivity contribution in [3.63, 3.8) is 0 Å². The first-order chi connectivity index (χ1) is 14.7. The molecule has 158 valence electrons. The van der Waals surface area contributed by atoms with Gasteiger partial charge in [-0.1, -0.05) is 24.3 Å². The van der Waals surface area contributed by atoms with Crippen LogP contribution in [0.5, 0.6) is 5.75 Å². The van der Waals surface area contributed by atoms with Crippen molar-refractivity contribution in [3.05, 3.63) is 65.2 Å². The van der Waals surface area contributed by atoms with E-state index in [2.05, 4.69) is 15.1 Å². The number of hydrogen-bond acceptors (Lipinski definition) is 5. The Kier molecular flexibility index (Phi) is 4.14. The molecular formula is C21H15F4N5O. The number of aromatic nitrogens is 4. The van der Waals surface area contributed by atoms with Crippen molar-refractivity contribution in [3.8, 4) is 17.0 Å². The number of anilines is 1. The number of nitrogens with zero attached hydrogens (tertiary/aromatic N) is 4. The quantitative estimate of drug-likeness (QED) is 0.465. The number of phenolic OH excluding ortho intramolecular Hbond substituents is 1. The maximum atomic E-state index is 14.3. The summed E-state index contributed by atoms with van der Waals surface area (Å²) in [4.78, 5) is 8.22. The van der Waals surface area contributed by atoms with Crippen LogP contribution in [0.15, 0.2) is 42.7 Å². The third-order valence-electron chi connectivity index (χ3n) is 5.52. The molecule has 0 spiro atoms. The Morgan fingerprint density at radius 2 is 1.74 bits per heavy atom. The van der Waals surface area contributed by atoms with Crippen molar-refractivity contribution < 1.29 is 22.7 Å². The minimum Gasteiger partial charge on any atom is -0.507 e. The molecule has 4 aromatic rings. The van der Waals surface area contributed by atoms with Crippen LogP contribution in [0.1, 0.15) is 22.7 Å². The summed E-state index contributed by atoms with van der Waals surface area (Å²) < 4.78 is 55.1. The van der Waals surface area contributed by atoms with Gasteiger partial charge in [-0.05, 0) is 36.1 Å². The van der Waals surface area contributed by atoms with Crippen molar-refractivity contribution in [2.45, 2.75) is 25.1 Å². The molecule has 0 bridgehead atoms. The number of fused-ring (bicyclic) bond motifs is 2. The molecule has 0 aliphatic heterocycles. The second-order valence-corrected chi connectivity index (χ2v) is 7.43. The summed E-state index contributed by atoms with van der Waals surface area (Å²) in [5, 5.41) is 14.7. The van der Waals surface area contributed by atoms with Crippen molar-refractivity contribution >= 4 is 16.9 Å². The normalized spacial score (nSPS) is 14.3. The molecule has 1 aliphatic rings. The Bertz CT molecular complexity index is 1280. The highest BCUT2D eigenvalue weighted by Gasteiger charge is 2.38. The van der Waals surface area contributed by atoms with Gasteiger partial charge in [0.05, 0.1) is 11.4 Å². The second-order valence-electron chi connectivity index (χ2n) is 7.43. The Labute approximate surface area is 173 Å². The second kappa shape index (κ2) is 6.66. The minimum atomic E-state index is -5.04. The molecule has 0 saturated heterocycles. The van der Waals surface area contributed by atoms with E-state index in [0.29, 0.717) is 24.6 Å². The van der Waals surface area contributed by atoms with E-state index in [1.54, 1.807) is 4.68 Å². The molecule has 6 nitrogen and oxygen atoms in total. The van der Waals surface area contributed by atoms with Gasteiger partial charge in [-0.15, -0.1) is 0 Å². The van der Waals surface area contributed by atoms with Gasteiger partial charge in [-0.3, -0.25) is 0 Å². The molecule has 31 heavy (non-hydrogen) atoms. The fourth-order valence-electron chi connectivity index (χ4n) is 4.17. The van der Waals surface area contributed by atoms with Crippen LogP contribution in [-0.4, -0.2) is 24.9 Å². The largest absolute Gasteiger partial charge is 0.507 e. The van der Waals surface area contributed by atoms with Crippen LogP contribution < -0.4 is 5.73 Å². The number of halogens is 4. The number of hydrogen-bond donors (Lipinski definition) is 2. The highest BCUT2D eigenvalue weighted by atomic mass is 19.4. The number of aromatic hydroxyl groups is 1. The lowest BCUT2D eigenvalue weighted by molar-refractivity contribution is -0.141. The van der Waals surface area contributed by atoms with Crippen molar-refractivity contribution in [1.82, 2.24) is 19.7 Å². The van der Waals surface area contributed by atoms with Crippen molar-refractivity contribution in [2.75, 3.05) is 5.73 Å². The van der Waals surface area contributed by atoms with E-state index in [1.807, 2.05) is 24.3 Å². The average molecular weight is 429 g/mol. The molecule has 0 saturated carbocycles. The number of phenols is 1. The SMILES string of the molecule is Nc1ncnc2c1c(-c1cc(O)c(C(F)(F)F)c(F)c1)nn2C1Cc2ccccc2C1. The summed E-state index contributed by atoms with van der Waals surface area (Å²) in [7, 11) is 0. The molecule has 0 radical (unpaired) electrons. The van der Waals surface area contributed by atoms with Gasteiger partial charge in [-0.25, -0.2) is 19.0 Å². The molecule has 0 unspecified atom stereocenters. The number of benzene rings is 2. The van der Waals surface area contributed by atoms with Crippen LogP contribution >= 0.6 is 0 Å². The molecule has 5 rings (SSSR count). The van der Waals surface area contributed by atoms with Gasteiger partial charge in [0.2, 0.25) is 0 Å². The first-order valence-electron chi connectivity index (χ1n) is 9.39. The molecule has 1 aliphatic carbocycles. The molecule has 0 amide bonds. The van der Waals surface area contributed by atoms with Crippen LogP contribution in [0.3, 0.4) is 0 Å². The predicted octanol–water partition coefficient (Wildman–Crippen LogP) is 4.28. The average Bonchev–Trinajstić information content (AvgIpc) is 3.28. The number of nitrogens with two attached hydrogens (primary N) is 1. The van der Waals surface area contributed by atoms with Crippen LogP contribution in [0.25, 0.3) is 22.3 Å². The van der Waals surface area contributed by atoms with Crippen LogP contribution in [0, 0.1) is 5.82 Å². The minimum absolute atomic E-state index is 0.0521. The van der Waals surface area contributed by atoms with Crippen LogP contribution in [0.2, 0.25) is 0 Å². The van der Waals surface area contributed by atoms with Crippen molar-refractivity contribution in [1.29, 1.82) is 0 Å². The van der Waals surface area contributed by atoms with Gasteiger partial charge in [0.15, 0.2) is 5.65 Å². The van der Waals surface area contributed by atoms with E-state index in [0.717, 1.165) is 17.2 Å². The van der Waals surface area contributed by atoms with E-state index in [4.69, 9.17) is 5.73 Å². The third-order valence-corrected chi connectivity index (χ3v) is 5.52. The summed E-state index contributed by atoms with van der Waals surface area (Å²) >= 11 is 0. The standard InChI is InChI=1S/C21H15F4N5O/c22-14-7-12(8-15(31)17(14)21(23,24)25)18-16-19(26)27-9-28-20(16)30(29-18)13-5-10-3-1-2-4-11(10)6-13/h1-4,7-9,13,31H,5-6H2,(H2,26,27,28). The van der Waals surface area contributed by atoms with Gasteiger partial charge in [0.1, 0.15) is 35.0 Å². The molecule has 0 fully saturated rings. The monoisotopic (exact) mass is 429 g/mol. The summed E-state index contributed by atoms with van der Waals surface area (Å²) in [5.41, 5.74) is 7.07. The Morgan fingerprint density at radius 1 is 1.06 bits per heavy atom. The molecular weight excluding hydrogens is 414 g/mol. The van der Waals surface area contributed by atoms with Gasteiger partial charge in [0.25, 0.3) is 0 Å². The fourth-order valence-corrected chi connectivity index (χ4v) is 4.17. The summed E-state index contributed by atoms with van der Waals surface area (Å²) in [6.07, 6.45) is -2.40. The lowest BCUT2D eigenvalue weighted by Crippen LogP contribution is -2.11. The third kappa shape index (κ3) is 3.06. The zero-order chi connectivity index (χ0) is 21.9. The van der Waals surface area contributed by atoms with Crippen molar-refractivity contribution in [2.24, 2.45) is 0 Å². The van der Waals surface area contributed by atoms with Crippen LogP contribution in [-0.2, 0) is 19.0 Å². The lowest BCUT2D eigenvalue weighted by Gasteiger charge is -2.12. The van der Waals surface area contributed by atoms with E-state index < -0.39 is 23.3 Å². The smallest absolute Gasteiger partial charge is 0.422 e. The molecule has 3 N–H and O–H groups in total. The van der Waals surface area contributed by atoms with Crippen LogP contribution in [0.4, 0.5) is 23.4 Å². The Balaban J connectivity index is 1.68. The molecule has 2 aromatic carbocycles. The van der Waals surface area contributed by atoms with E-state index in [9.17, 15) is 22.7 Å². The van der Waals surface area contributed by atoms with Gasteiger partial charge in [-0.2, -0.15) is 18.3 Å². The number of alkyl halides is 3. The van der Waals surface area contributed by atoms with E-state index >= 15 is 0 Å². The molecule has 10 heteroatoms. The van der Waals surface area contributed by atoms with Gasteiger partial charge in [0, 0.05) is 5.56 Å². The molecule has 2 heterocycles. The zero-order valence-corrected chi connectivity index (χ0v) is 15.9. The highest BCUT2D eigenvalue weighted by molar-refractivity contribution is 5.98. The number of nitrogen functional groups attached to an aromatic ring is 1. The van der Waals surface area contributed by atoms with Gasteiger partial charge < -0.3 is 10.8 Å². The predicted molar refractivity (Wildman–Crippen MR) is 105 cm³/mol. The fraction of sp³-hybridized carbons (Fsp3) is 0.190. The zero-order valence-electron chi connectivity index (χ0n) is 15.9. The lowest BCUT2D eigenvalue weighted by atomic mass is 10.0. The Morgan fingerprint density at radius 3 is 2.35 bits per heavy atom. The molecule has 2 aromatic heterocycles. The first kappa shape index (κ1) is 19.3. The maximum Gasteiger partial charge on any atom is 0.422 e. The van der Waals surface area contributed by atoms with E-state index in [1.165, 1.54) is 6.33 Å². The highest BCUT2D eigenvalue weighted by Crippen LogP contribution is 2.42. The Hall–Kier alpha value is -3.69. The topological polar surface area (TPSA) is 89.8 Å². The molecule has 0 atom stereocenters. The maximum absolute atomic E-state index is 14.3. The number of rotatable bonds is 2.